The highest BCUT2D eigenvalue weighted by molar-refractivity contribution is 5.67. The van der Waals surface area contributed by atoms with Gasteiger partial charge in [-0.15, -0.1) is 5.10 Å². The van der Waals surface area contributed by atoms with Gasteiger partial charge in [0.05, 0.1) is 37.3 Å². The average Bonchev–Trinajstić information content (AvgIpc) is 3.28. The Bertz CT molecular complexity index is 728. The molecule has 1 atom stereocenters. The first kappa shape index (κ1) is 15.1. The molecule has 1 aromatic heterocycles. The molecule has 0 amide bonds. The van der Waals surface area contributed by atoms with Crippen molar-refractivity contribution in [1.29, 1.82) is 0 Å². The van der Waals surface area contributed by atoms with E-state index in [1.807, 2.05) is 23.1 Å². The minimum absolute atomic E-state index is 0.177. The maximum atomic E-state index is 14.5. The molecule has 1 unspecified atom stereocenters. The van der Waals surface area contributed by atoms with Gasteiger partial charge in [0.25, 0.3) is 0 Å². The Kier molecular flexibility index (Phi) is 4.14. The number of nitrogens with zero attached hydrogens (tertiary/aromatic N) is 4. The van der Waals surface area contributed by atoms with E-state index in [2.05, 4.69) is 15.8 Å². The van der Waals surface area contributed by atoms with Crippen LogP contribution in [0.4, 0.5) is 10.1 Å². The van der Waals surface area contributed by atoms with E-state index in [4.69, 9.17) is 9.57 Å². The molecule has 0 bridgehead atoms. The highest BCUT2D eigenvalue weighted by atomic mass is 19.1. The third-order valence-corrected chi connectivity index (χ3v) is 4.12. The van der Waals surface area contributed by atoms with Gasteiger partial charge in [0.15, 0.2) is 0 Å². The summed E-state index contributed by atoms with van der Waals surface area (Å²) in [5, 5.41) is 7.67. The van der Waals surface area contributed by atoms with E-state index in [0.29, 0.717) is 38.5 Å². The number of morpholine rings is 1. The van der Waals surface area contributed by atoms with E-state index in [9.17, 15) is 4.39 Å². The Labute approximate surface area is 138 Å². The predicted octanol–water partition coefficient (Wildman–Crippen LogP) is 1.20. The molecule has 0 radical (unpaired) electrons. The molecule has 2 aromatic rings. The van der Waals surface area contributed by atoms with Gasteiger partial charge in [0.1, 0.15) is 11.9 Å². The fourth-order valence-electron chi connectivity index (χ4n) is 2.89. The average molecular weight is 331 g/mol. The summed E-state index contributed by atoms with van der Waals surface area (Å²) in [5.74, 6) is -0.239. The number of rotatable bonds is 4. The zero-order chi connectivity index (χ0) is 16.4. The molecular weight excluding hydrogens is 313 g/mol. The number of hydrogen-bond acceptors (Lipinski definition) is 6. The van der Waals surface area contributed by atoms with Crippen molar-refractivity contribution in [2.24, 2.45) is 0 Å². The summed E-state index contributed by atoms with van der Waals surface area (Å²) >= 11 is 0. The van der Waals surface area contributed by atoms with Crippen LogP contribution in [0.25, 0.3) is 5.70 Å². The van der Waals surface area contributed by atoms with Crippen molar-refractivity contribution in [3.05, 3.63) is 48.0 Å². The molecular formula is C16H18FN5O2. The number of aromatic nitrogens is 3. The molecule has 2 aliphatic rings. The predicted molar refractivity (Wildman–Crippen MR) is 85.4 cm³/mol. The second kappa shape index (κ2) is 6.58. The maximum Gasteiger partial charge on any atom is 0.147 e. The fourth-order valence-corrected chi connectivity index (χ4v) is 2.89. The van der Waals surface area contributed by atoms with Gasteiger partial charge in [-0.1, -0.05) is 11.3 Å². The summed E-state index contributed by atoms with van der Waals surface area (Å²) in [6, 6.07) is 5.24. The van der Waals surface area contributed by atoms with Crippen LogP contribution in [0.15, 0.2) is 36.7 Å². The summed E-state index contributed by atoms with van der Waals surface area (Å²) in [5.41, 5.74) is 4.98. The fraction of sp³-hybridized carbons (Fsp3) is 0.375. The van der Waals surface area contributed by atoms with Crippen LogP contribution in [-0.2, 0) is 16.1 Å². The van der Waals surface area contributed by atoms with Gasteiger partial charge in [-0.25, -0.2) is 9.07 Å². The van der Waals surface area contributed by atoms with Crippen LogP contribution in [0, 0.1) is 5.82 Å². The lowest BCUT2D eigenvalue weighted by molar-refractivity contribution is 0.0395. The van der Waals surface area contributed by atoms with Crippen LogP contribution in [0.1, 0.15) is 5.56 Å². The highest BCUT2D eigenvalue weighted by Gasteiger charge is 2.20. The molecule has 1 N–H and O–H groups in total. The Morgan fingerprint density at radius 2 is 2.17 bits per heavy atom. The van der Waals surface area contributed by atoms with E-state index in [-0.39, 0.29) is 11.9 Å². The topological polar surface area (TPSA) is 64.4 Å². The van der Waals surface area contributed by atoms with Gasteiger partial charge in [0.2, 0.25) is 0 Å². The Morgan fingerprint density at radius 1 is 1.29 bits per heavy atom. The molecule has 0 spiro atoms. The Balaban J connectivity index is 1.49. The van der Waals surface area contributed by atoms with Crippen molar-refractivity contribution in [3.63, 3.8) is 0 Å². The number of benzene rings is 1. The number of halogens is 1. The summed E-state index contributed by atoms with van der Waals surface area (Å²) in [6.07, 6.45) is 5.13. The molecule has 126 valence electrons. The molecule has 2 aliphatic heterocycles. The van der Waals surface area contributed by atoms with Crippen LogP contribution < -0.4 is 10.4 Å². The van der Waals surface area contributed by atoms with Crippen molar-refractivity contribution in [2.75, 3.05) is 31.2 Å². The maximum absolute atomic E-state index is 14.5. The lowest BCUT2D eigenvalue weighted by Gasteiger charge is -2.29. The van der Waals surface area contributed by atoms with E-state index >= 15 is 0 Å². The molecule has 1 fully saturated rings. The number of nitrogens with one attached hydrogen (secondary N) is 1. The SMILES string of the molecule is Fc1cc(C2=CC(Cn3ccnn3)ON2)ccc1N1CCOCC1. The van der Waals surface area contributed by atoms with Crippen molar-refractivity contribution >= 4 is 11.4 Å². The third kappa shape index (κ3) is 3.10. The molecule has 8 heteroatoms. The minimum Gasteiger partial charge on any atom is -0.378 e. The lowest BCUT2D eigenvalue weighted by atomic mass is 10.1. The summed E-state index contributed by atoms with van der Waals surface area (Å²) in [6.45, 7) is 3.23. The zero-order valence-corrected chi connectivity index (χ0v) is 13.1. The smallest absolute Gasteiger partial charge is 0.147 e. The van der Waals surface area contributed by atoms with E-state index < -0.39 is 0 Å². The van der Waals surface area contributed by atoms with Gasteiger partial charge in [0, 0.05) is 24.8 Å². The van der Waals surface area contributed by atoms with Gasteiger partial charge in [-0.2, -0.15) is 0 Å². The van der Waals surface area contributed by atoms with Gasteiger partial charge in [-0.05, 0) is 18.2 Å². The first-order valence-electron chi connectivity index (χ1n) is 7.90. The molecule has 1 saturated heterocycles. The number of anilines is 1. The second-order valence-corrected chi connectivity index (χ2v) is 5.73. The van der Waals surface area contributed by atoms with E-state index in [1.165, 1.54) is 6.07 Å². The van der Waals surface area contributed by atoms with Crippen LogP contribution in [0.3, 0.4) is 0 Å². The monoisotopic (exact) mass is 331 g/mol. The van der Waals surface area contributed by atoms with Crippen LogP contribution in [-0.4, -0.2) is 47.4 Å². The van der Waals surface area contributed by atoms with Gasteiger partial charge < -0.3 is 9.64 Å². The number of hydroxylamine groups is 1. The van der Waals surface area contributed by atoms with E-state index in [1.54, 1.807) is 17.1 Å². The number of ether oxygens (including phenoxy) is 1. The molecule has 0 aliphatic carbocycles. The summed E-state index contributed by atoms with van der Waals surface area (Å²) < 4.78 is 21.5. The summed E-state index contributed by atoms with van der Waals surface area (Å²) in [7, 11) is 0. The molecule has 7 nitrogen and oxygen atoms in total. The van der Waals surface area contributed by atoms with Crippen molar-refractivity contribution in [2.45, 2.75) is 12.6 Å². The van der Waals surface area contributed by atoms with Gasteiger partial charge >= 0.3 is 0 Å². The van der Waals surface area contributed by atoms with E-state index in [0.717, 1.165) is 11.3 Å². The second-order valence-electron chi connectivity index (χ2n) is 5.73. The van der Waals surface area contributed by atoms with Crippen LogP contribution in [0.2, 0.25) is 0 Å². The third-order valence-electron chi connectivity index (χ3n) is 4.12. The normalized spacial score (nSPS) is 20.8. The highest BCUT2D eigenvalue weighted by Crippen LogP contribution is 2.26. The molecule has 4 rings (SSSR count). The standard InChI is InChI=1S/C16H18FN5O2/c17-14-9-12(1-2-16(14)21-5-7-23-8-6-21)15-10-13(24-19-15)11-22-4-3-18-20-22/h1-4,9-10,13,19H,5-8,11H2. The number of hydrogen-bond donors (Lipinski definition) is 1. The molecule has 24 heavy (non-hydrogen) atoms. The largest absolute Gasteiger partial charge is 0.378 e. The zero-order valence-electron chi connectivity index (χ0n) is 13.1. The molecule has 3 heterocycles. The van der Waals surface area contributed by atoms with Gasteiger partial charge in [-0.3, -0.25) is 10.3 Å². The van der Waals surface area contributed by atoms with Crippen LogP contribution in [0.5, 0.6) is 0 Å². The van der Waals surface area contributed by atoms with Crippen molar-refractivity contribution in [3.8, 4) is 0 Å². The first-order valence-corrected chi connectivity index (χ1v) is 7.90. The minimum atomic E-state index is -0.239. The Morgan fingerprint density at radius 3 is 2.92 bits per heavy atom. The quantitative estimate of drug-likeness (QED) is 0.908. The Hall–Kier alpha value is -2.45. The summed E-state index contributed by atoms with van der Waals surface area (Å²) in [4.78, 5) is 7.50. The molecule has 1 aromatic carbocycles. The first-order chi connectivity index (χ1) is 11.8. The lowest BCUT2D eigenvalue weighted by Crippen LogP contribution is -2.36. The van der Waals surface area contributed by atoms with Crippen LogP contribution >= 0.6 is 0 Å². The van der Waals surface area contributed by atoms with Crippen molar-refractivity contribution < 1.29 is 14.0 Å². The van der Waals surface area contributed by atoms with Crippen molar-refractivity contribution in [1.82, 2.24) is 20.5 Å². The molecule has 0 saturated carbocycles.